The summed E-state index contributed by atoms with van der Waals surface area (Å²) in [5.41, 5.74) is 2.40. The summed E-state index contributed by atoms with van der Waals surface area (Å²) >= 11 is 0. The number of carbonyl (C=O) groups excluding carboxylic acids is 2. The minimum atomic E-state index is -0.344. The number of nitrogens with zero attached hydrogens (tertiary/aromatic N) is 3. The molecule has 6 heteroatoms. The summed E-state index contributed by atoms with van der Waals surface area (Å²) in [7, 11) is 0. The number of rotatable bonds is 7. The predicted octanol–water partition coefficient (Wildman–Crippen LogP) is 2.91. The molecule has 1 aromatic carbocycles. The van der Waals surface area contributed by atoms with Crippen molar-refractivity contribution in [3.8, 4) is 5.69 Å². The van der Waals surface area contributed by atoms with Crippen molar-refractivity contribution in [2.24, 2.45) is 0 Å². The molecule has 0 spiro atoms. The van der Waals surface area contributed by atoms with Crippen LogP contribution in [0.3, 0.4) is 0 Å². The Morgan fingerprint density at radius 1 is 1.43 bits per heavy atom. The monoisotopic (exact) mass is 313 g/mol. The Bertz CT molecular complexity index is 720. The Kier molecular flexibility index (Phi) is 4.50. The fourth-order valence-electron chi connectivity index (χ4n) is 2.47. The molecule has 1 heterocycles. The van der Waals surface area contributed by atoms with Crippen LogP contribution in [0.25, 0.3) is 5.69 Å². The fraction of sp³-hybridized carbons (Fsp3) is 0.412. The van der Waals surface area contributed by atoms with Gasteiger partial charge in [-0.05, 0) is 37.5 Å². The fourth-order valence-corrected chi connectivity index (χ4v) is 2.47. The average Bonchev–Trinajstić information content (AvgIpc) is 3.33. The quantitative estimate of drug-likeness (QED) is 0.446. The van der Waals surface area contributed by atoms with Crippen molar-refractivity contribution >= 4 is 12.3 Å². The van der Waals surface area contributed by atoms with Gasteiger partial charge in [-0.3, -0.25) is 4.79 Å². The van der Waals surface area contributed by atoms with Gasteiger partial charge in [-0.2, -0.15) is 0 Å². The first-order valence-electron chi connectivity index (χ1n) is 7.93. The molecule has 120 valence electrons. The van der Waals surface area contributed by atoms with Crippen LogP contribution in [0.15, 0.2) is 24.3 Å². The molecule has 23 heavy (non-hydrogen) atoms. The first-order valence-corrected chi connectivity index (χ1v) is 7.93. The molecule has 2 aromatic rings. The highest BCUT2D eigenvalue weighted by Crippen LogP contribution is 2.41. The normalized spacial score (nSPS) is 13.8. The zero-order chi connectivity index (χ0) is 16.2. The van der Waals surface area contributed by atoms with Gasteiger partial charge in [0.1, 0.15) is 5.69 Å². The van der Waals surface area contributed by atoms with E-state index in [2.05, 4.69) is 10.3 Å². The third kappa shape index (κ3) is 3.31. The number of aromatic nitrogens is 3. The van der Waals surface area contributed by atoms with Crippen molar-refractivity contribution in [3.63, 3.8) is 0 Å². The molecule has 0 unspecified atom stereocenters. The van der Waals surface area contributed by atoms with Crippen LogP contribution in [0, 0.1) is 0 Å². The zero-order valence-electron chi connectivity index (χ0n) is 13.1. The highest BCUT2D eigenvalue weighted by Gasteiger charge is 2.31. The molecular formula is C17H19N3O3. The maximum Gasteiger partial charge on any atom is 0.338 e. The van der Waals surface area contributed by atoms with Gasteiger partial charge in [-0.1, -0.05) is 24.6 Å². The molecule has 3 rings (SSSR count). The molecule has 0 atom stereocenters. The first-order chi connectivity index (χ1) is 11.2. The smallest absolute Gasteiger partial charge is 0.338 e. The highest BCUT2D eigenvalue weighted by atomic mass is 16.5. The van der Waals surface area contributed by atoms with E-state index < -0.39 is 0 Å². The molecule has 1 saturated carbocycles. The van der Waals surface area contributed by atoms with Crippen LogP contribution in [0.5, 0.6) is 0 Å². The lowest BCUT2D eigenvalue weighted by molar-refractivity contribution is 0.0499. The van der Waals surface area contributed by atoms with Crippen molar-refractivity contribution < 1.29 is 14.3 Å². The summed E-state index contributed by atoms with van der Waals surface area (Å²) in [6.45, 7) is 2.47. The second-order valence-electron chi connectivity index (χ2n) is 5.70. The number of carbonyl (C=O) groups is 2. The maximum atomic E-state index is 12.1. The number of hydrogen-bond acceptors (Lipinski definition) is 5. The van der Waals surface area contributed by atoms with E-state index in [-0.39, 0.29) is 5.97 Å². The second kappa shape index (κ2) is 6.73. The lowest BCUT2D eigenvalue weighted by atomic mass is 10.2. The number of aldehydes is 1. The first kappa shape index (κ1) is 15.4. The number of unbranched alkanes of at least 4 members (excludes halogenated alkanes) is 1. The van der Waals surface area contributed by atoms with E-state index in [1.165, 1.54) is 0 Å². The molecule has 0 radical (unpaired) electrons. The molecule has 1 aliphatic carbocycles. The molecule has 0 N–H and O–H groups in total. The number of esters is 1. The molecule has 0 aliphatic heterocycles. The third-order valence-electron chi connectivity index (χ3n) is 3.87. The maximum absolute atomic E-state index is 12.1. The Morgan fingerprint density at radius 3 is 2.96 bits per heavy atom. The zero-order valence-corrected chi connectivity index (χ0v) is 13.1. The molecule has 6 nitrogen and oxygen atoms in total. The minimum absolute atomic E-state index is 0.324. The number of benzene rings is 1. The van der Waals surface area contributed by atoms with Crippen molar-refractivity contribution in [3.05, 3.63) is 41.2 Å². The predicted molar refractivity (Wildman–Crippen MR) is 83.9 cm³/mol. The van der Waals surface area contributed by atoms with Crippen LogP contribution >= 0.6 is 0 Å². The van der Waals surface area contributed by atoms with Gasteiger partial charge in [0.15, 0.2) is 6.29 Å². The molecule has 1 aliphatic rings. The summed E-state index contributed by atoms with van der Waals surface area (Å²) in [5, 5.41) is 8.01. The van der Waals surface area contributed by atoms with E-state index in [4.69, 9.17) is 4.74 Å². The van der Waals surface area contributed by atoms with Crippen LogP contribution < -0.4 is 0 Å². The topological polar surface area (TPSA) is 74.1 Å². The van der Waals surface area contributed by atoms with Crippen LogP contribution in [0.1, 0.15) is 65.1 Å². The van der Waals surface area contributed by atoms with Gasteiger partial charge >= 0.3 is 5.97 Å². The molecule has 1 fully saturated rings. The van der Waals surface area contributed by atoms with E-state index in [9.17, 15) is 9.59 Å². The summed E-state index contributed by atoms with van der Waals surface area (Å²) in [6.07, 6.45) is 4.63. The molecule has 0 saturated heterocycles. The van der Waals surface area contributed by atoms with Gasteiger partial charge in [0.2, 0.25) is 0 Å². The average molecular weight is 313 g/mol. The second-order valence-corrected chi connectivity index (χ2v) is 5.70. The van der Waals surface area contributed by atoms with Crippen molar-refractivity contribution in [2.45, 2.75) is 38.5 Å². The van der Waals surface area contributed by atoms with Gasteiger partial charge in [0.25, 0.3) is 0 Å². The molecular weight excluding hydrogens is 294 g/mol. The van der Waals surface area contributed by atoms with E-state index in [1.54, 1.807) is 22.9 Å². The highest BCUT2D eigenvalue weighted by molar-refractivity contribution is 5.90. The molecule has 0 bridgehead atoms. The lowest BCUT2D eigenvalue weighted by Crippen LogP contribution is -2.08. The van der Waals surface area contributed by atoms with Crippen molar-refractivity contribution in [2.75, 3.05) is 6.61 Å². The SMILES string of the molecule is CCCCOC(=O)c1cccc(-n2nnc(C=O)c2C2CC2)c1. The Labute approximate surface area is 134 Å². The number of ether oxygens (including phenoxy) is 1. The van der Waals surface area contributed by atoms with E-state index in [0.717, 1.165) is 43.4 Å². The van der Waals surface area contributed by atoms with Gasteiger partial charge in [0, 0.05) is 5.92 Å². The van der Waals surface area contributed by atoms with Gasteiger partial charge in [-0.15, -0.1) is 5.10 Å². The largest absolute Gasteiger partial charge is 0.462 e. The van der Waals surface area contributed by atoms with Crippen molar-refractivity contribution in [1.82, 2.24) is 15.0 Å². The van der Waals surface area contributed by atoms with Crippen LogP contribution in [0.2, 0.25) is 0 Å². The number of hydrogen-bond donors (Lipinski definition) is 0. The molecule has 0 amide bonds. The Balaban J connectivity index is 1.87. The third-order valence-corrected chi connectivity index (χ3v) is 3.87. The Hall–Kier alpha value is -2.50. The van der Waals surface area contributed by atoms with Gasteiger partial charge in [0.05, 0.1) is 23.6 Å². The van der Waals surface area contributed by atoms with Crippen LogP contribution in [-0.2, 0) is 4.74 Å². The minimum Gasteiger partial charge on any atom is -0.462 e. The summed E-state index contributed by atoms with van der Waals surface area (Å²) in [5.74, 6) is -0.0191. The lowest BCUT2D eigenvalue weighted by Gasteiger charge is -2.08. The molecule has 1 aromatic heterocycles. The van der Waals surface area contributed by atoms with E-state index in [0.29, 0.717) is 23.8 Å². The van der Waals surface area contributed by atoms with E-state index >= 15 is 0 Å². The van der Waals surface area contributed by atoms with Crippen LogP contribution in [-0.4, -0.2) is 33.9 Å². The Morgan fingerprint density at radius 2 is 2.26 bits per heavy atom. The summed E-state index contributed by atoms with van der Waals surface area (Å²) in [4.78, 5) is 23.2. The standard InChI is InChI=1S/C17H19N3O3/c1-2-3-9-23-17(22)13-5-4-6-14(10-13)20-16(12-7-8-12)15(11-21)18-19-20/h4-6,10-12H,2-3,7-9H2,1H3. The van der Waals surface area contributed by atoms with Crippen LogP contribution in [0.4, 0.5) is 0 Å². The van der Waals surface area contributed by atoms with Gasteiger partial charge in [-0.25, -0.2) is 9.48 Å². The van der Waals surface area contributed by atoms with Gasteiger partial charge < -0.3 is 4.74 Å². The van der Waals surface area contributed by atoms with E-state index in [1.807, 2.05) is 13.0 Å². The summed E-state index contributed by atoms with van der Waals surface area (Å²) in [6, 6.07) is 7.07. The summed E-state index contributed by atoms with van der Waals surface area (Å²) < 4.78 is 6.89. The van der Waals surface area contributed by atoms with Crippen molar-refractivity contribution in [1.29, 1.82) is 0 Å².